The van der Waals surface area contributed by atoms with Crippen LogP contribution >= 0.6 is 7.60 Å². The highest BCUT2D eigenvalue weighted by Crippen LogP contribution is 2.56. The Hall–Kier alpha value is -0.100. The molecule has 1 atom stereocenters. The SMILES string of the molecule is NOP(=O)(O)C(F)(F)F. The van der Waals surface area contributed by atoms with Gasteiger partial charge in [-0.2, -0.15) is 13.2 Å². The zero-order valence-corrected chi connectivity index (χ0v) is 4.82. The van der Waals surface area contributed by atoms with Crippen molar-refractivity contribution < 1.29 is 27.3 Å². The van der Waals surface area contributed by atoms with Crippen molar-refractivity contribution in [2.75, 3.05) is 0 Å². The number of halogens is 3. The lowest BCUT2D eigenvalue weighted by Crippen LogP contribution is -2.13. The van der Waals surface area contributed by atoms with Crippen LogP contribution in [-0.2, 0) is 9.19 Å². The molecule has 0 aliphatic carbocycles. The summed E-state index contributed by atoms with van der Waals surface area (Å²) in [6, 6.07) is 0. The summed E-state index contributed by atoms with van der Waals surface area (Å²) in [6.07, 6.45) is 0. The Morgan fingerprint density at radius 1 is 1.56 bits per heavy atom. The maximum atomic E-state index is 11.1. The molecule has 3 N–H and O–H groups in total. The average molecular weight is 165 g/mol. The van der Waals surface area contributed by atoms with Crippen LogP contribution in [0.1, 0.15) is 0 Å². The largest absolute Gasteiger partial charge is 0.495 e. The van der Waals surface area contributed by atoms with Gasteiger partial charge in [-0.15, -0.1) is 0 Å². The van der Waals surface area contributed by atoms with Gasteiger partial charge in [0.15, 0.2) is 0 Å². The minimum absolute atomic E-state index is 2.79. The minimum atomic E-state index is -5.58. The topological polar surface area (TPSA) is 72.5 Å². The summed E-state index contributed by atoms with van der Waals surface area (Å²) >= 11 is 0. The Morgan fingerprint density at radius 3 is 1.89 bits per heavy atom. The molecule has 0 aliphatic rings. The molecule has 4 nitrogen and oxygen atoms in total. The standard InChI is InChI=1S/CH3F3NO3P/c2-1(3,4)9(6,7)8-5/h5H2,(H,6,7). The smallest absolute Gasteiger partial charge is 0.317 e. The van der Waals surface area contributed by atoms with Gasteiger partial charge in [0.2, 0.25) is 0 Å². The number of rotatable bonds is 1. The first-order valence-electron chi connectivity index (χ1n) is 1.59. The lowest BCUT2D eigenvalue weighted by Gasteiger charge is -2.09. The molecule has 0 saturated carbocycles. The molecule has 56 valence electrons. The molecule has 9 heavy (non-hydrogen) atoms. The van der Waals surface area contributed by atoms with Crippen LogP contribution < -0.4 is 5.90 Å². The second kappa shape index (κ2) is 2.26. The molecular formula is CH3F3NO3P. The third kappa shape index (κ3) is 1.94. The Kier molecular flexibility index (Phi) is 2.24. The molecule has 0 spiro atoms. The first kappa shape index (κ1) is 8.90. The van der Waals surface area contributed by atoms with E-state index in [1.54, 1.807) is 0 Å². The summed E-state index contributed by atoms with van der Waals surface area (Å²) in [7, 11) is -5.58. The van der Waals surface area contributed by atoms with Crippen LogP contribution in [0.3, 0.4) is 0 Å². The molecule has 0 aromatic rings. The van der Waals surface area contributed by atoms with Crippen molar-refractivity contribution in [3.63, 3.8) is 0 Å². The van der Waals surface area contributed by atoms with Crippen LogP contribution in [0, 0.1) is 0 Å². The minimum Gasteiger partial charge on any atom is -0.317 e. The normalized spacial score (nSPS) is 19.2. The van der Waals surface area contributed by atoms with Crippen LogP contribution in [0.2, 0.25) is 0 Å². The van der Waals surface area contributed by atoms with E-state index in [1.807, 2.05) is 0 Å². The highest BCUT2D eigenvalue weighted by atomic mass is 31.2. The first-order valence-corrected chi connectivity index (χ1v) is 3.17. The van der Waals surface area contributed by atoms with E-state index in [9.17, 15) is 17.7 Å². The van der Waals surface area contributed by atoms with Gasteiger partial charge in [0.05, 0.1) is 0 Å². The third-order valence-electron chi connectivity index (χ3n) is 0.463. The molecule has 0 fully saturated rings. The molecule has 0 heterocycles. The third-order valence-corrected chi connectivity index (χ3v) is 1.39. The Labute approximate surface area is 47.9 Å². The van der Waals surface area contributed by atoms with Crippen molar-refractivity contribution in [1.29, 1.82) is 0 Å². The van der Waals surface area contributed by atoms with Gasteiger partial charge in [0.25, 0.3) is 0 Å². The van der Waals surface area contributed by atoms with Crippen LogP contribution in [-0.4, -0.2) is 10.8 Å². The zero-order chi connectivity index (χ0) is 7.71. The lowest BCUT2D eigenvalue weighted by molar-refractivity contribution is -0.0708. The van der Waals surface area contributed by atoms with Gasteiger partial charge in [0.1, 0.15) is 0 Å². The van der Waals surface area contributed by atoms with Crippen molar-refractivity contribution in [2.45, 2.75) is 5.92 Å². The maximum absolute atomic E-state index is 11.1. The first-order chi connectivity index (χ1) is 3.81. The number of alkyl halides is 3. The summed E-state index contributed by atoms with van der Waals surface area (Å²) in [4.78, 5) is 7.74. The van der Waals surface area contributed by atoms with Crippen molar-refractivity contribution >= 4 is 7.60 Å². The predicted molar refractivity (Wildman–Crippen MR) is 21.2 cm³/mol. The molecule has 0 aliphatic heterocycles. The lowest BCUT2D eigenvalue weighted by atomic mass is 11.6. The second-order valence-electron chi connectivity index (χ2n) is 1.09. The number of hydrogen-bond acceptors (Lipinski definition) is 3. The van der Waals surface area contributed by atoms with Gasteiger partial charge in [-0.25, -0.2) is 15.1 Å². The van der Waals surface area contributed by atoms with E-state index in [2.05, 4.69) is 10.5 Å². The van der Waals surface area contributed by atoms with Gasteiger partial charge in [-0.05, 0) is 0 Å². The van der Waals surface area contributed by atoms with Gasteiger partial charge in [0, 0.05) is 0 Å². The predicted octanol–water partition coefficient (Wildman–Crippen LogP) is 0.582. The van der Waals surface area contributed by atoms with E-state index in [4.69, 9.17) is 4.89 Å². The number of hydrogen-bond donors (Lipinski definition) is 2. The fraction of sp³-hybridized carbons (Fsp3) is 1.00. The molecule has 0 aromatic carbocycles. The monoisotopic (exact) mass is 165 g/mol. The van der Waals surface area contributed by atoms with Gasteiger partial charge in [-0.1, -0.05) is 0 Å². The van der Waals surface area contributed by atoms with E-state index in [1.165, 1.54) is 0 Å². The fourth-order valence-corrected chi connectivity index (χ4v) is 0.179. The second-order valence-corrected chi connectivity index (χ2v) is 2.85. The highest BCUT2D eigenvalue weighted by Gasteiger charge is 2.52. The summed E-state index contributed by atoms with van der Waals surface area (Å²) in [6.45, 7) is 0. The van der Waals surface area contributed by atoms with E-state index in [-0.39, 0.29) is 0 Å². The molecule has 0 saturated heterocycles. The van der Waals surface area contributed by atoms with Gasteiger partial charge < -0.3 is 4.89 Å². The fourth-order valence-electron chi connectivity index (χ4n) is 0.0598. The van der Waals surface area contributed by atoms with Crippen molar-refractivity contribution in [2.24, 2.45) is 5.90 Å². The molecule has 0 rings (SSSR count). The molecule has 0 radical (unpaired) electrons. The highest BCUT2D eigenvalue weighted by molar-refractivity contribution is 7.53. The van der Waals surface area contributed by atoms with Gasteiger partial charge >= 0.3 is 13.5 Å². The Morgan fingerprint density at radius 2 is 1.89 bits per heavy atom. The van der Waals surface area contributed by atoms with Crippen LogP contribution in [0.4, 0.5) is 13.2 Å². The maximum Gasteiger partial charge on any atom is 0.495 e. The average Bonchev–Trinajstić information content (AvgIpc) is 1.64. The molecule has 0 amide bonds. The summed E-state index contributed by atoms with van der Waals surface area (Å²) < 4.78 is 45.8. The quantitative estimate of drug-likeness (QED) is 0.440. The summed E-state index contributed by atoms with van der Waals surface area (Å²) in [5.41, 5.74) is 0. The van der Waals surface area contributed by atoms with Crippen molar-refractivity contribution in [3.05, 3.63) is 0 Å². The summed E-state index contributed by atoms with van der Waals surface area (Å²) in [5, 5.41) is 0. The Balaban J connectivity index is 4.35. The van der Waals surface area contributed by atoms with Crippen molar-refractivity contribution in [1.82, 2.24) is 0 Å². The zero-order valence-electron chi connectivity index (χ0n) is 3.92. The van der Waals surface area contributed by atoms with E-state index >= 15 is 0 Å². The van der Waals surface area contributed by atoms with Crippen LogP contribution in [0.15, 0.2) is 0 Å². The van der Waals surface area contributed by atoms with E-state index < -0.39 is 13.5 Å². The van der Waals surface area contributed by atoms with Crippen LogP contribution in [0.5, 0.6) is 0 Å². The summed E-state index contributed by atoms with van der Waals surface area (Å²) in [5.74, 6) is -1.43. The molecular weight excluding hydrogens is 162 g/mol. The molecule has 0 bridgehead atoms. The molecule has 1 unspecified atom stereocenters. The van der Waals surface area contributed by atoms with E-state index in [0.29, 0.717) is 0 Å². The number of nitrogens with two attached hydrogens (primary N) is 1. The van der Waals surface area contributed by atoms with Crippen LogP contribution in [0.25, 0.3) is 0 Å². The Bertz CT molecular complexity index is 142. The van der Waals surface area contributed by atoms with Crippen molar-refractivity contribution in [3.8, 4) is 0 Å². The van der Waals surface area contributed by atoms with E-state index in [0.717, 1.165) is 0 Å². The molecule has 8 heteroatoms. The molecule has 0 aromatic heterocycles. The van der Waals surface area contributed by atoms with Gasteiger partial charge in [-0.3, -0.25) is 0 Å².